The Bertz CT molecular complexity index is 1180. The van der Waals surface area contributed by atoms with E-state index < -0.39 is 23.5 Å². The van der Waals surface area contributed by atoms with E-state index in [4.69, 9.17) is 13.6 Å². The molecule has 0 saturated carbocycles. The van der Waals surface area contributed by atoms with E-state index in [0.29, 0.717) is 28.9 Å². The van der Waals surface area contributed by atoms with Gasteiger partial charge < -0.3 is 18.9 Å². The highest BCUT2D eigenvalue weighted by molar-refractivity contribution is 7.98. The zero-order valence-electron chi connectivity index (χ0n) is 17.7. The van der Waals surface area contributed by atoms with Crippen LogP contribution in [0.1, 0.15) is 28.7 Å². The molecule has 2 aromatic heterocycles. The fourth-order valence-corrected chi connectivity index (χ4v) is 4.03. The summed E-state index contributed by atoms with van der Waals surface area (Å²) in [6.45, 7) is 5.59. The topological polar surface area (TPSA) is 98.8 Å². The number of hydrogen-bond donors (Lipinski definition) is 1. The summed E-state index contributed by atoms with van der Waals surface area (Å²) in [6, 6.07) is 1.17. The van der Waals surface area contributed by atoms with E-state index in [1.165, 1.54) is 7.11 Å². The zero-order chi connectivity index (χ0) is 22.0. The number of rotatable bonds is 7. The standard InChI is InChI=1S/C22H25NO6S/c1-11-10-28-19-13(3)20-15(8-14(11)19)12(2)16(21(25)29-20)9-18(24)23-17(6-7-30-5)22(26)27-4/h8,10,17H,6-7,9H2,1-5H3,(H,23,24)/t17-/m1/s1. The molecule has 1 amide bonds. The maximum absolute atomic E-state index is 12.7. The number of hydrogen-bond acceptors (Lipinski definition) is 7. The van der Waals surface area contributed by atoms with Gasteiger partial charge in [-0.15, -0.1) is 0 Å². The molecule has 0 spiro atoms. The van der Waals surface area contributed by atoms with Gasteiger partial charge in [-0.1, -0.05) is 0 Å². The fourth-order valence-electron chi connectivity index (χ4n) is 3.56. The Balaban J connectivity index is 1.96. The average molecular weight is 432 g/mol. The molecule has 0 aliphatic carbocycles. The lowest BCUT2D eigenvalue weighted by Gasteiger charge is -2.16. The molecule has 30 heavy (non-hydrogen) atoms. The van der Waals surface area contributed by atoms with Crippen molar-refractivity contribution in [3.63, 3.8) is 0 Å². The van der Waals surface area contributed by atoms with E-state index in [0.717, 1.165) is 21.9 Å². The lowest BCUT2D eigenvalue weighted by atomic mass is 9.99. The molecule has 0 fully saturated rings. The molecule has 7 nitrogen and oxygen atoms in total. The summed E-state index contributed by atoms with van der Waals surface area (Å²) < 4.78 is 15.9. The fraction of sp³-hybridized carbons (Fsp3) is 0.409. The summed E-state index contributed by atoms with van der Waals surface area (Å²) in [4.78, 5) is 37.2. The molecule has 3 aromatic rings. The maximum atomic E-state index is 12.7. The van der Waals surface area contributed by atoms with Crippen molar-refractivity contribution in [2.75, 3.05) is 19.1 Å². The van der Waals surface area contributed by atoms with Crippen LogP contribution in [0.4, 0.5) is 0 Å². The molecule has 2 heterocycles. The highest BCUT2D eigenvalue weighted by Gasteiger charge is 2.23. The zero-order valence-corrected chi connectivity index (χ0v) is 18.5. The molecule has 3 rings (SSSR count). The van der Waals surface area contributed by atoms with E-state index in [1.807, 2.05) is 26.2 Å². The Morgan fingerprint density at radius 1 is 1.17 bits per heavy atom. The second kappa shape index (κ2) is 8.95. The molecule has 160 valence electrons. The third-order valence-corrected chi connectivity index (χ3v) is 5.95. The molecule has 1 N–H and O–H groups in total. The second-order valence-corrected chi connectivity index (χ2v) is 8.25. The Labute approximate surface area is 178 Å². The van der Waals surface area contributed by atoms with Crippen LogP contribution < -0.4 is 10.9 Å². The second-order valence-electron chi connectivity index (χ2n) is 7.27. The summed E-state index contributed by atoms with van der Waals surface area (Å²) in [5.41, 5.74) is 3.25. The summed E-state index contributed by atoms with van der Waals surface area (Å²) in [6.07, 6.45) is 3.85. The van der Waals surface area contributed by atoms with E-state index >= 15 is 0 Å². The number of fused-ring (bicyclic) bond motifs is 2. The average Bonchev–Trinajstić information content (AvgIpc) is 3.10. The van der Waals surface area contributed by atoms with Gasteiger partial charge in [0, 0.05) is 16.3 Å². The van der Waals surface area contributed by atoms with Crippen LogP contribution in [0.15, 0.2) is 26.0 Å². The third kappa shape index (κ3) is 4.09. The number of thioether (sulfide) groups is 1. The van der Waals surface area contributed by atoms with Crippen LogP contribution in [-0.2, 0) is 20.7 Å². The van der Waals surface area contributed by atoms with E-state index in [-0.39, 0.29) is 12.0 Å². The Morgan fingerprint density at radius 2 is 1.90 bits per heavy atom. The first-order valence-electron chi connectivity index (χ1n) is 9.58. The van der Waals surface area contributed by atoms with Crippen LogP contribution in [0.5, 0.6) is 0 Å². The Morgan fingerprint density at radius 3 is 2.57 bits per heavy atom. The summed E-state index contributed by atoms with van der Waals surface area (Å²) >= 11 is 1.57. The van der Waals surface area contributed by atoms with Crippen molar-refractivity contribution >= 4 is 45.6 Å². The Kier molecular flexibility index (Phi) is 6.55. The van der Waals surface area contributed by atoms with Crippen molar-refractivity contribution in [1.82, 2.24) is 5.32 Å². The minimum absolute atomic E-state index is 0.182. The smallest absolute Gasteiger partial charge is 0.340 e. The quantitative estimate of drug-likeness (QED) is 0.452. The predicted octanol–water partition coefficient (Wildman–Crippen LogP) is 3.42. The molecule has 0 unspecified atom stereocenters. The lowest BCUT2D eigenvalue weighted by Crippen LogP contribution is -2.43. The normalized spacial score (nSPS) is 12.3. The molecule has 0 bridgehead atoms. The number of furan rings is 1. The van der Waals surface area contributed by atoms with Crippen molar-refractivity contribution in [3.8, 4) is 0 Å². The highest BCUT2D eigenvalue weighted by Crippen LogP contribution is 2.32. The minimum atomic E-state index is -0.752. The molecule has 8 heteroatoms. The monoisotopic (exact) mass is 431 g/mol. The van der Waals surface area contributed by atoms with Crippen molar-refractivity contribution in [3.05, 3.63) is 45.0 Å². The van der Waals surface area contributed by atoms with Crippen molar-refractivity contribution < 1.29 is 23.2 Å². The molecule has 0 saturated heterocycles. The predicted molar refractivity (Wildman–Crippen MR) is 117 cm³/mol. The molecule has 1 atom stereocenters. The molecule has 1 aromatic carbocycles. The van der Waals surface area contributed by atoms with Crippen LogP contribution in [0.2, 0.25) is 0 Å². The number of ether oxygens (including phenoxy) is 1. The number of carbonyl (C=O) groups is 2. The maximum Gasteiger partial charge on any atom is 0.340 e. The number of carbonyl (C=O) groups excluding carboxylic acids is 2. The van der Waals surface area contributed by atoms with Gasteiger partial charge in [-0.05, 0) is 56.4 Å². The third-order valence-electron chi connectivity index (χ3n) is 5.30. The molecule has 0 aliphatic heterocycles. The largest absolute Gasteiger partial charge is 0.467 e. The summed E-state index contributed by atoms with van der Waals surface area (Å²) in [7, 11) is 1.28. The van der Waals surface area contributed by atoms with Gasteiger partial charge in [0.2, 0.25) is 5.91 Å². The molecule has 0 aliphatic rings. The van der Waals surface area contributed by atoms with Gasteiger partial charge in [-0.25, -0.2) is 9.59 Å². The van der Waals surface area contributed by atoms with Gasteiger partial charge in [-0.2, -0.15) is 11.8 Å². The number of aryl methyl sites for hydroxylation is 3. The number of benzene rings is 1. The number of nitrogens with one attached hydrogen (secondary N) is 1. The number of amides is 1. The van der Waals surface area contributed by atoms with Gasteiger partial charge in [0.05, 0.1) is 25.4 Å². The summed E-state index contributed by atoms with van der Waals surface area (Å²) in [5.74, 6) is -0.247. The van der Waals surface area contributed by atoms with Gasteiger partial charge in [0.25, 0.3) is 0 Å². The van der Waals surface area contributed by atoms with Gasteiger partial charge in [0.1, 0.15) is 17.2 Å². The SMILES string of the molecule is COC(=O)[C@@H](CCSC)NC(=O)Cc1c(C)c2cc3c(C)coc3c(C)c2oc1=O. The van der Waals surface area contributed by atoms with Crippen LogP contribution in [-0.4, -0.2) is 37.0 Å². The first kappa shape index (κ1) is 22.0. The van der Waals surface area contributed by atoms with Gasteiger partial charge in [-0.3, -0.25) is 4.79 Å². The van der Waals surface area contributed by atoms with Crippen LogP contribution in [0.3, 0.4) is 0 Å². The highest BCUT2D eigenvalue weighted by atomic mass is 32.2. The van der Waals surface area contributed by atoms with Crippen molar-refractivity contribution in [2.24, 2.45) is 0 Å². The number of methoxy groups -OCH3 is 1. The molecular formula is C22H25NO6S. The van der Waals surface area contributed by atoms with E-state index in [1.54, 1.807) is 24.9 Å². The minimum Gasteiger partial charge on any atom is -0.467 e. The Hall–Kier alpha value is -2.74. The van der Waals surface area contributed by atoms with E-state index in [2.05, 4.69) is 5.32 Å². The molecule has 0 radical (unpaired) electrons. The lowest BCUT2D eigenvalue weighted by molar-refractivity contribution is -0.145. The van der Waals surface area contributed by atoms with E-state index in [9.17, 15) is 14.4 Å². The first-order valence-corrected chi connectivity index (χ1v) is 11.0. The van der Waals surface area contributed by atoms with Crippen molar-refractivity contribution in [1.29, 1.82) is 0 Å². The van der Waals surface area contributed by atoms with Crippen LogP contribution >= 0.6 is 11.8 Å². The van der Waals surface area contributed by atoms with Gasteiger partial charge >= 0.3 is 11.6 Å². The molecular weight excluding hydrogens is 406 g/mol. The van der Waals surface area contributed by atoms with Gasteiger partial charge in [0.15, 0.2) is 0 Å². The van der Waals surface area contributed by atoms with Crippen LogP contribution in [0, 0.1) is 20.8 Å². The summed E-state index contributed by atoms with van der Waals surface area (Å²) in [5, 5.41) is 4.38. The van der Waals surface area contributed by atoms with Crippen LogP contribution in [0.25, 0.3) is 21.9 Å². The number of esters is 1. The first-order chi connectivity index (χ1) is 14.3. The van der Waals surface area contributed by atoms with Crippen molar-refractivity contribution in [2.45, 2.75) is 39.7 Å².